The van der Waals surface area contributed by atoms with Crippen molar-refractivity contribution in [3.8, 4) is 0 Å². The number of aromatic nitrogens is 4. The maximum Gasteiger partial charge on any atom is 0.276 e. The Morgan fingerprint density at radius 3 is 2.69 bits per heavy atom. The first kappa shape index (κ1) is 15.6. The summed E-state index contributed by atoms with van der Waals surface area (Å²) in [5.74, 6) is 0.462. The van der Waals surface area contributed by atoms with Crippen molar-refractivity contribution in [3.63, 3.8) is 0 Å². The molecule has 0 saturated carbocycles. The average Bonchev–Trinajstić information content (AvgIpc) is 3.06. The van der Waals surface area contributed by atoms with Crippen LogP contribution in [0.15, 0.2) is 60.8 Å². The largest absolute Gasteiger partial charge is 0.368 e. The van der Waals surface area contributed by atoms with E-state index in [0.717, 1.165) is 11.2 Å². The number of carbonyl (C=O) groups excluding carboxylic acids is 1. The second-order valence-corrected chi connectivity index (χ2v) is 5.58. The van der Waals surface area contributed by atoms with Gasteiger partial charge in [0.2, 0.25) is 5.95 Å². The van der Waals surface area contributed by atoms with Crippen LogP contribution in [0.1, 0.15) is 10.5 Å². The second-order valence-electron chi connectivity index (χ2n) is 5.58. The maximum absolute atomic E-state index is 12.6. The summed E-state index contributed by atoms with van der Waals surface area (Å²) in [7, 11) is 0. The van der Waals surface area contributed by atoms with E-state index in [1.54, 1.807) is 12.3 Å². The van der Waals surface area contributed by atoms with E-state index in [-0.39, 0.29) is 11.9 Å². The number of H-pyrrole nitrogens is 1. The fourth-order valence-electron chi connectivity index (χ4n) is 2.57. The molecule has 5 N–H and O–H groups in total. The van der Waals surface area contributed by atoms with Gasteiger partial charge in [0.05, 0.1) is 5.52 Å². The zero-order valence-electron chi connectivity index (χ0n) is 13.6. The van der Waals surface area contributed by atoms with Crippen molar-refractivity contribution >= 4 is 40.0 Å². The first-order valence-electron chi connectivity index (χ1n) is 7.89. The number of para-hydroxylation sites is 1. The Hall–Kier alpha value is -3.94. The van der Waals surface area contributed by atoms with Gasteiger partial charge in [-0.1, -0.05) is 18.2 Å². The normalized spacial score (nSPS) is 10.6. The van der Waals surface area contributed by atoms with E-state index in [9.17, 15) is 4.79 Å². The molecule has 0 saturated heterocycles. The number of nitrogen functional groups attached to an aromatic ring is 1. The third-order valence-corrected chi connectivity index (χ3v) is 3.76. The molecule has 2 aromatic heterocycles. The minimum atomic E-state index is -0.286. The molecule has 0 unspecified atom stereocenters. The van der Waals surface area contributed by atoms with Gasteiger partial charge in [0.25, 0.3) is 5.91 Å². The highest BCUT2D eigenvalue weighted by Gasteiger charge is 2.15. The van der Waals surface area contributed by atoms with Gasteiger partial charge >= 0.3 is 0 Å². The molecule has 1 amide bonds. The zero-order chi connectivity index (χ0) is 17.9. The van der Waals surface area contributed by atoms with Crippen LogP contribution in [0.4, 0.5) is 23.1 Å². The van der Waals surface area contributed by atoms with Crippen molar-refractivity contribution in [2.75, 3.05) is 16.4 Å². The number of carbonyl (C=O) groups is 1. The topological polar surface area (TPSA) is 122 Å². The van der Waals surface area contributed by atoms with Crippen molar-refractivity contribution in [2.45, 2.75) is 0 Å². The van der Waals surface area contributed by atoms with E-state index in [0.29, 0.717) is 22.6 Å². The molecule has 0 aliphatic carbocycles. The molecule has 8 nitrogen and oxygen atoms in total. The molecule has 0 fully saturated rings. The molecular weight excluding hydrogens is 330 g/mol. The van der Waals surface area contributed by atoms with Crippen molar-refractivity contribution in [3.05, 3.63) is 66.5 Å². The molecular formula is C18H15N7O. The number of amides is 1. The van der Waals surface area contributed by atoms with Gasteiger partial charge in [-0.25, -0.2) is 4.98 Å². The molecule has 2 heterocycles. The lowest BCUT2D eigenvalue weighted by atomic mass is 10.1. The molecule has 2 aromatic carbocycles. The van der Waals surface area contributed by atoms with E-state index in [2.05, 4.69) is 30.8 Å². The Balaban J connectivity index is 1.63. The number of rotatable bonds is 4. The Bertz CT molecular complexity index is 1080. The van der Waals surface area contributed by atoms with Crippen LogP contribution >= 0.6 is 0 Å². The molecule has 128 valence electrons. The summed E-state index contributed by atoms with van der Waals surface area (Å²) in [5, 5.41) is 13.7. The summed E-state index contributed by atoms with van der Waals surface area (Å²) in [6.45, 7) is 0. The number of anilines is 4. The van der Waals surface area contributed by atoms with Gasteiger partial charge in [-0.15, -0.1) is 0 Å². The highest BCUT2D eigenvalue weighted by molar-refractivity contribution is 6.11. The molecule has 0 radical (unpaired) electrons. The smallest absolute Gasteiger partial charge is 0.276 e. The van der Waals surface area contributed by atoms with Gasteiger partial charge < -0.3 is 16.4 Å². The van der Waals surface area contributed by atoms with E-state index >= 15 is 0 Å². The minimum Gasteiger partial charge on any atom is -0.368 e. The molecule has 4 aromatic rings. The fourth-order valence-corrected chi connectivity index (χ4v) is 2.57. The average molecular weight is 345 g/mol. The summed E-state index contributed by atoms with van der Waals surface area (Å²) in [6.07, 6.45) is 1.57. The number of hydrogen-bond acceptors (Lipinski definition) is 6. The van der Waals surface area contributed by atoms with Crippen molar-refractivity contribution in [2.24, 2.45) is 0 Å². The molecule has 0 aliphatic rings. The minimum absolute atomic E-state index is 0.183. The fraction of sp³-hybridized carbons (Fsp3) is 0. The molecule has 4 rings (SSSR count). The lowest BCUT2D eigenvalue weighted by Crippen LogP contribution is -2.12. The Morgan fingerprint density at radius 1 is 1.04 bits per heavy atom. The lowest BCUT2D eigenvalue weighted by Gasteiger charge is -2.06. The maximum atomic E-state index is 12.6. The first-order valence-corrected chi connectivity index (χ1v) is 7.89. The van der Waals surface area contributed by atoms with Crippen LogP contribution in [0.2, 0.25) is 0 Å². The number of hydrogen-bond donors (Lipinski definition) is 4. The standard InChI is InChI=1S/C18H15N7O/c19-18-20-9-8-15(23-18)21-12-6-7-14-13(10-12)16(25-24-14)17(26)22-11-4-2-1-3-5-11/h1-10H,(H,22,26)(H,24,25)(H3,19,20,21,23). The molecule has 0 spiro atoms. The Labute approximate surface area is 148 Å². The third kappa shape index (κ3) is 3.16. The molecule has 0 atom stereocenters. The first-order chi connectivity index (χ1) is 12.7. The monoisotopic (exact) mass is 345 g/mol. The van der Waals surface area contributed by atoms with Gasteiger partial charge in [-0.3, -0.25) is 9.89 Å². The number of nitrogens with two attached hydrogens (primary N) is 1. The van der Waals surface area contributed by atoms with Crippen molar-refractivity contribution in [1.82, 2.24) is 20.2 Å². The van der Waals surface area contributed by atoms with E-state index in [1.165, 1.54) is 0 Å². The number of benzene rings is 2. The summed E-state index contributed by atoms with van der Waals surface area (Å²) >= 11 is 0. The summed E-state index contributed by atoms with van der Waals surface area (Å²) in [4.78, 5) is 20.5. The quantitative estimate of drug-likeness (QED) is 0.451. The van der Waals surface area contributed by atoms with Crippen LogP contribution in [0.3, 0.4) is 0 Å². The molecule has 8 heteroatoms. The van der Waals surface area contributed by atoms with Crippen LogP contribution in [0, 0.1) is 0 Å². The van der Waals surface area contributed by atoms with Crippen LogP contribution in [0.5, 0.6) is 0 Å². The number of nitrogens with zero attached hydrogens (tertiary/aromatic N) is 3. The Kier molecular flexibility index (Phi) is 3.91. The third-order valence-electron chi connectivity index (χ3n) is 3.76. The van der Waals surface area contributed by atoms with Crippen LogP contribution in [0.25, 0.3) is 10.9 Å². The summed E-state index contributed by atoms with van der Waals surface area (Å²) in [5.41, 5.74) is 8.13. The highest BCUT2D eigenvalue weighted by Crippen LogP contribution is 2.23. The van der Waals surface area contributed by atoms with E-state index in [1.807, 2.05) is 48.5 Å². The van der Waals surface area contributed by atoms with Crippen molar-refractivity contribution < 1.29 is 4.79 Å². The molecule has 0 aliphatic heterocycles. The van der Waals surface area contributed by atoms with E-state index in [4.69, 9.17) is 5.73 Å². The van der Waals surface area contributed by atoms with Gasteiger partial charge in [-0.2, -0.15) is 10.1 Å². The SMILES string of the molecule is Nc1nccc(Nc2ccc3[nH]nc(C(=O)Nc4ccccc4)c3c2)n1. The van der Waals surface area contributed by atoms with Gasteiger partial charge in [0.1, 0.15) is 5.82 Å². The second kappa shape index (κ2) is 6.52. The Morgan fingerprint density at radius 2 is 1.88 bits per heavy atom. The summed E-state index contributed by atoms with van der Waals surface area (Å²) < 4.78 is 0. The zero-order valence-corrected chi connectivity index (χ0v) is 13.6. The molecule has 0 bridgehead atoms. The highest BCUT2D eigenvalue weighted by atomic mass is 16.1. The number of fused-ring (bicyclic) bond motifs is 1. The van der Waals surface area contributed by atoms with E-state index < -0.39 is 0 Å². The predicted octanol–water partition coefficient (Wildman–Crippen LogP) is 2.93. The predicted molar refractivity (Wildman–Crippen MR) is 100 cm³/mol. The number of nitrogens with one attached hydrogen (secondary N) is 3. The van der Waals surface area contributed by atoms with Gasteiger partial charge in [0.15, 0.2) is 5.69 Å². The molecule has 26 heavy (non-hydrogen) atoms. The number of aromatic amines is 1. The van der Waals surface area contributed by atoms with Crippen LogP contribution in [-0.2, 0) is 0 Å². The van der Waals surface area contributed by atoms with Crippen LogP contribution < -0.4 is 16.4 Å². The van der Waals surface area contributed by atoms with Crippen molar-refractivity contribution in [1.29, 1.82) is 0 Å². The van der Waals surface area contributed by atoms with Gasteiger partial charge in [-0.05, 0) is 36.4 Å². The van der Waals surface area contributed by atoms with Gasteiger partial charge in [0, 0.05) is 23.0 Å². The lowest BCUT2D eigenvalue weighted by molar-refractivity contribution is 0.102. The van der Waals surface area contributed by atoms with Crippen LogP contribution in [-0.4, -0.2) is 26.1 Å². The summed E-state index contributed by atoms with van der Waals surface area (Å²) in [6, 6.07) is 16.5.